The van der Waals surface area contributed by atoms with Gasteiger partial charge in [0.25, 0.3) is 0 Å². The molecule has 1 atom stereocenters. The highest BCUT2D eigenvalue weighted by Gasteiger charge is 2.28. The molecule has 2 heterocycles. The van der Waals surface area contributed by atoms with Crippen molar-refractivity contribution in [1.29, 1.82) is 0 Å². The van der Waals surface area contributed by atoms with Gasteiger partial charge < -0.3 is 15.0 Å². The lowest BCUT2D eigenvalue weighted by molar-refractivity contribution is -0.135. The number of methoxy groups -OCH3 is 1. The summed E-state index contributed by atoms with van der Waals surface area (Å²) in [5.41, 5.74) is 0. The predicted octanol–water partition coefficient (Wildman–Crippen LogP) is 1.01. The molecule has 0 aromatic carbocycles. The van der Waals surface area contributed by atoms with E-state index in [0.717, 1.165) is 45.5 Å². The summed E-state index contributed by atoms with van der Waals surface area (Å²) in [4.78, 5) is 14.3. The largest absolute Gasteiger partial charge is 0.384 e. The summed E-state index contributed by atoms with van der Waals surface area (Å²) in [7, 11) is 1.75. The van der Waals surface area contributed by atoms with E-state index in [1.165, 1.54) is 12.8 Å². The molecule has 2 aliphatic heterocycles. The minimum Gasteiger partial charge on any atom is -0.384 e. The van der Waals surface area contributed by atoms with Crippen LogP contribution < -0.4 is 5.32 Å². The average molecular weight is 240 g/mol. The molecule has 1 amide bonds. The number of piperidine rings is 2. The molecule has 2 saturated heterocycles. The Balaban J connectivity index is 1.77. The summed E-state index contributed by atoms with van der Waals surface area (Å²) < 4.78 is 5.18. The lowest BCUT2D eigenvalue weighted by atomic mass is 9.96. The van der Waals surface area contributed by atoms with Crippen LogP contribution in [-0.4, -0.2) is 50.2 Å². The first-order valence-corrected chi connectivity index (χ1v) is 6.82. The van der Waals surface area contributed by atoms with E-state index in [0.29, 0.717) is 11.8 Å². The molecule has 0 radical (unpaired) electrons. The summed E-state index contributed by atoms with van der Waals surface area (Å²) in [6.45, 7) is 3.65. The van der Waals surface area contributed by atoms with Crippen LogP contribution in [0.3, 0.4) is 0 Å². The molecule has 17 heavy (non-hydrogen) atoms. The van der Waals surface area contributed by atoms with E-state index < -0.39 is 0 Å². The van der Waals surface area contributed by atoms with Gasteiger partial charge in [-0.2, -0.15) is 0 Å². The van der Waals surface area contributed by atoms with Crippen molar-refractivity contribution in [2.24, 2.45) is 5.92 Å². The van der Waals surface area contributed by atoms with Crippen LogP contribution in [0.25, 0.3) is 0 Å². The third-order valence-electron chi connectivity index (χ3n) is 3.94. The molecule has 0 bridgehead atoms. The lowest BCUT2D eigenvalue weighted by Crippen LogP contribution is -2.50. The maximum Gasteiger partial charge on any atom is 0.239 e. The molecule has 0 spiro atoms. The molecular weight excluding hydrogens is 216 g/mol. The third-order valence-corrected chi connectivity index (χ3v) is 3.94. The Morgan fingerprint density at radius 1 is 1.29 bits per heavy atom. The Labute approximate surface area is 104 Å². The number of amides is 1. The second kappa shape index (κ2) is 6.36. The number of likely N-dealkylation sites (tertiary alicyclic amines) is 1. The highest BCUT2D eigenvalue weighted by Crippen LogP contribution is 2.19. The maximum absolute atomic E-state index is 12.2. The maximum atomic E-state index is 12.2. The van der Waals surface area contributed by atoms with Crippen molar-refractivity contribution >= 4 is 5.91 Å². The fourth-order valence-corrected chi connectivity index (χ4v) is 2.84. The van der Waals surface area contributed by atoms with E-state index in [1.54, 1.807) is 7.11 Å². The fraction of sp³-hybridized carbons (Fsp3) is 0.923. The number of carbonyl (C=O) groups excluding carboxylic acids is 1. The first kappa shape index (κ1) is 12.8. The van der Waals surface area contributed by atoms with E-state index in [2.05, 4.69) is 5.32 Å². The van der Waals surface area contributed by atoms with Crippen LogP contribution in [-0.2, 0) is 9.53 Å². The van der Waals surface area contributed by atoms with E-state index in [9.17, 15) is 4.79 Å². The quantitative estimate of drug-likeness (QED) is 0.800. The molecule has 0 unspecified atom stereocenters. The van der Waals surface area contributed by atoms with Crippen LogP contribution >= 0.6 is 0 Å². The van der Waals surface area contributed by atoms with Crippen molar-refractivity contribution in [3.8, 4) is 0 Å². The molecule has 0 aromatic rings. The SMILES string of the molecule is COCC1CCN(C(=O)[C@H]2CCCCN2)CC1. The first-order valence-electron chi connectivity index (χ1n) is 6.82. The number of carbonyl (C=O) groups is 1. The number of rotatable bonds is 3. The van der Waals surface area contributed by atoms with Crippen LogP contribution in [0.1, 0.15) is 32.1 Å². The smallest absolute Gasteiger partial charge is 0.239 e. The third kappa shape index (κ3) is 3.42. The molecule has 0 aliphatic carbocycles. The summed E-state index contributed by atoms with van der Waals surface area (Å²) in [5, 5.41) is 3.34. The van der Waals surface area contributed by atoms with Gasteiger partial charge in [-0.25, -0.2) is 0 Å². The van der Waals surface area contributed by atoms with E-state index in [-0.39, 0.29) is 6.04 Å². The van der Waals surface area contributed by atoms with Crippen molar-refractivity contribution in [3.05, 3.63) is 0 Å². The zero-order valence-electron chi connectivity index (χ0n) is 10.8. The summed E-state index contributed by atoms with van der Waals surface area (Å²) in [5.74, 6) is 0.962. The van der Waals surface area contributed by atoms with Crippen molar-refractivity contribution in [2.45, 2.75) is 38.1 Å². The lowest BCUT2D eigenvalue weighted by Gasteiger charge is -2.35. The molecule has 0 saturated carbocycles. The zero-order valence-corrected chi connectivity index (χ0v) is 10.8. The molecule has 98 valence electrons. The van der Waals surface area contributed by atoms with E-state index in [4.69, 9.17) is 4.74 Å². The second-order valence-corrected chi connectivity index (χ2v) is 5.23. The van der Waals surface area contributed by atoms with Gasteiger partial charge >= 0.3 is 0 Å². The minimum atomic E-state index is 0.0859. The topological polar surface area (TPSA) is 41.6 Å². The van der Waals surface area contributed by atoms with Crippen molar-refractivity contribution in [1.82, 2.24) is 10.2 Å². The van der Waals surface area contributed by atoms with Gasteiger partial charge in [0.2, 0.25) is 5.91 Å². The van der Waals surface area contributed by atoms with Crippen LogP contribution in [0.15, 0.2) is 0 Å². The molecular formula is C13H24N2O2. The van der Waals surface area contributed by atoms with Crippen LogP contribution in [0.2, 0.25) is 0 Å². The first-order chi connectivity index (χ1) is 8.31. The highest BCUT2D eigenvalue weighted by molar-refractivity contribution is 5.82. The van der Waals surface area contributed by atoms with Gasteiger partial charge in [-0.3, -0.25) is 4.79 Å². The monoisotopic (exact) mass is 240 g/mol. The van der Waals surface area contributed by atoms with Crippen LogP contribution in [0.4, 0.5) is 0 Å². The number of ether oxygens (including phenoxy) is 1. The van der Waals surface area contributed by atoms with Crippen molar-refractivity contribution in [2.75, 3.05) is 33.4 Å². The van der Waals surface area contributed by atoms with Crippen LogP contribution in [0.5, 0.6) is 0 Å². The fourth-order valence-electron chi connectivity index (χ4n) is 2.84. The minimum absolute atomic E-state index is 0.0859. The predicted molar refractivity (Wildman–Crippen MR) is 66.8 cm³/mol. The summed E-state index contributed by atoms with van der Waals surface area (Å²) >= 11 is 0. The standard InChI is InChI=1S/C13H24N2O2/c1-17-10-11-5-8-15(9-6-11)13(16)12-4-2-3-7-14-12/h11-12,14H,2-10H2,1H3/t12-/m1/s1. The van der Waals surface area contributed by atoms with Gasteiger partial charge in [0, 0.05) is 26.8 Å². The molecule has 1 N–H and O–H groups in total. The molecule has 2 fully saturated rings. The Morgan fingerprint density at radius 3 is 2.65 bits per heavy atom. The Morgan fingerprint density at radius 2 is 2.06 bits per heavy atom. The van der Waals surface area contributed by atoms with Gasteiger partial charge in [0.1, 0.15) is 0 Å². The van der Waals surface area contributed by atoms with E-state index >= 15 is 0 Å². The molecule has 4 heteroatoms. The van der Waals surface area contributed by atoms with Crippen LogP contribution in [0, 0.1) is 5.92 Å². The Bertz CT molecular complexity index is 244. The summed E-state index contributed by atoms with van der Waals surface area (Å²) in [6.07, 6.45) is 5.58. The number of nitrogens with zero attached hydrogens (tertiary/aromatic N) is 1. The number of nitrogens with one attached hydrogen (secondary N) is 1. The average Bonchev–Trinajstić information content (AvgIpc) is 2.40. The molecule has 4 nitrogen and oxygen atoms in total. The molecule has 0 aromatic heterocycles. The van der Waals surface area contributed by atoms with Crippen molar-refractivity contribution < 1.29 is 9.53 Å². The Kier molecular flexibility index (Phi) is 4.80. The molecule has 2 rings (SSSR count). The van der Waals surface area contributed by atoms with Gasteiger partial charge in [-0.15, -0.1) is 0 Å². The second-order valence-electron chi connectivity index (χ2n) is 5.23. The normalized spacial score (nSPS) is 27.1. The Hall–Kier alpha value is -0.610. The van der Waals surface area contributed by atoms with Gasteiger partial charge in [0.05, 0.1) is 6.04 Å². The number of hydrogen-bond donors (Lipinski definition) is 1. The van der Waals surface area contributed by atoms with Crippen molar-refractivity contribution in [3.63, 3.8) is 0 Å². The van der Waals surface area contributed by atoms with Gasteiger partial charge in [-0.05, 0) is 38.1 Å². The summed E-state index contributed by atoms with van der Waals surface area (Å²) in [6, 6.07) is 0.0859. The zero-order chi connectivity index (χ0) is 12.1. The van der Waals surface area contributed by atoms with Gasteiger partial charge in [0.15, 0.2) is 0 Å². The number of hydrogen-bond acceptors (Lipinski definition) is 3. The van der Waals surface area contributed by atoms with E-state index in [1.807, 2.05) is 4.90 Å². The molecule has 2 aliphatic rings. The highest BCUT2D eigenvalue weighted by atomic mass is 16.5. The van der Waals surface area contributed by atoms with Gasteiger partial charge in [-0.1, -0.05) is 6.42 Å².